The Bertz CT molecular complexity index is 672. The van der Waals surface area contributed by atoms with E-state index < -0.39 is 5.41 Å². The molecule has 0 spiro atoms. The number of rotatable bonds is 5. The number of hydrogen-bond donors (Lipinski definition) is 0. The molecule has 0 saturated carbocycles. The van der Waals surface area contributed by atoms with Crippen LogP contribution in [0.4, 0.5) is 0 Å². The lowest BCUT2D eigenvalue weighted by Crippen LogP contribution is -2.39. The first-order valence-corrected chi connectivity index (χ1v) is 8.95. The van der Waals surface area contributed by atoms with Crippen LogP contribution in [0.2, 0.25) is 0 Å². The first kappa shape index (κ1) is 16.9. The van der Waals surface area contributed by atoms with Gasteiger partial charge < -0.3 is 4.74 Å². The Balaban J connectivity index is 2.03. The highest BCUT2D eigenvalue weighted by molar-refractivity contribution is 6.17. The summed E-state index contributed by atoms with van der Waals surface area (Å²) in [5, 5.41) is 0. The van der Waals surface area contributed by atoms with Crippen LogP contribution in [0.15, 0.2) is 41.7 Å². The number of ether oxygens (including phenoxy) is 1. The topological polar surface area (TPSA) is 43.4 Å². The van der Waals surface area contributed by atoms with Gasteiger partial charge in [-0.1, -0.05) is 44.2 Å². The molecule has 3 heteroatoms. The Kier molecular flexibility index (Phi) is 4.62. The van der Waals surface area contributed by atoms with E-state index in [1.165, 1.54) is 0 Å². The zero-order valence-corrected chi connectivity index (χ0v) is 14.8. The molecule has 0 amide bonds. The molecule has 1 aromatic rings. The van der Waals surface area contributed by atoms with Crippen LogP contribution in [0.3, 0.4) is 0 Å². The number of Topliss-reactive ketones (excluding diaryl/α,β-unsaturated/α-hetero) is 2. The minimum absolute atomic E-state index is 0.0491. The average molecular weight is 326 g/mol. The van der Waals surface area contributed by atoms with Gasteiger partial charge in [0.1, 0.15) is 11.2 Å². The van der Waals surface area contributed by atoms with Crippen LogP contribution in [0.1, 0.15) is 57.9 Å². The van der Waals surface area contributed by atoms with Gasteiger partial charge in [0.2, 0.25) is 5.78 Å². The highest BCUT2D eigenvalue weighted by Crippen LogP contribution is 2.54. The predicted octanol–water partition coefficient (Wildman–Crippen LogP) is 4.43. The standard InChI is InChI=1S/C21H26O3/c1-14(2)11-12-17(22)21(3)18(15-8-5-4-6-9-15)16-10-7-13-24-19(16)20(21)23/h4-6,8-9,14,18H,7,10-13H2,1-3H3/t18-,21-/m0/s1. The third-order valence-electron chi connectivity index (χ3n) is 5.39. The van der Waals surface area contributed by atoms with Crippen molar-refractivity contribution >= 4 is 11.6 Å². The van der Waals surface area contributed by atoms with E-state index >= 15 is 0 Å². The van der Waals surface area contributed by atoms with Gasteiger partial charge in [-0.05, 0) is 43.2 Å². The minimum atomic E-state index is -1.02. The van der Waals surface area contributed by atoms with Crippen molar-refractivity contribution in [3.8, 4) is 0 Å². The van der Waals surface area contributed by atoms with Crippen molar-refractivity contribution in [2.45, 2.75) is 52.4 Å². The summed E-state index contributed by atoms with van der Waals surface area (Å²) in [5.74, 6) is 0.674. The van der Waals surface area contributed by atoms with Gasteiger partial charge in [-0.3, -0.25) is 9.59 Å². The molecule has 1 aromatic carbocycles. The second-order valence-electron chi connectivity index (χ2n) is 7.54. The second kappa shape index (κ2) is 6.54. The van der Waals surface area contributed by atoms with Crippen molar-refractivity contribution in [1.29, 1.82) is 0 Å². The van der Waals surface area contributed by atoms with Crippen LogP contribution in [0.5, 0.6) is 0 Å². The molecule has 3 rings (SSSR count). The maximum Gasteiger partial charge on any atom is 0.211 e. The minimum Gasteiger partial charge on any atom is -0.490 e. The smallest absolute Gasteiger partial charge is 0.211 e. The van der Waals surface area contributed by atoms with Crippen LogP contribution in [0.25, 0.3) is 0 Å². The summed E-state index contributed by atoms with van der Waals surface area (Å²) in [5.41, 5.74) is 1.05. The third kappa shape index (κ3) is 2.70. The number of benzene rings is 1. The molecule has 2 aliphatic rings. The van der Waals surface area contributed by atoms with E-state index in [1.807, 2.05) is 37.3 Å². The van der Waals surface area contributed by atoms with Gasteiger partial charge in [0.15, 0.2) is 5.76 Å². The lowest BCUT2D eigenvalue weighted by atomic mass is 9.68. The molecule has 24 heavy (non-hydrogen) atoms. The van der Waals surface area contributed by atoms with Gasteiger partial charge in [0.25, 0.3) is 0 Å². The van der Waals surface area contributed by atoms with Gasteiger partial charge in [0, 0.05) is 12.3 Å². The fraction of sp³-hybridized carbons (Fsp3) is 0.524. The quantitative estimate of drug-likeness (QED) is 0.752. The fourth-order valence-electron chi connectivity index (χ4n) is 3.99. The van der Waals surface area contributed by atoms with Crippen molar-refractivity contribution in [2.24, 2.45) is 11.3 Å². The van der Waals surface area contributed by atoms with Gasteiger partial charge >= 0.3 is 0 Å². The highest BCUT2D eigenvalue weighted by Gasteiger charge is 2.57. The zero-order chi connectivity index (χ0) is 17.3. The summed E-state index contributed by atoms with van der Waals surface area (Å²) in [7, 11) is 0. The number of carbonyl (C=O) groups is 2. The predicted molar refractivity (Wildman–Crippen MR) is 93.6 cm³/mol. The number of hydrogen-bond acceptors (Lipinski definition) is 3. The first-order chi connectivity index (χ1) is 11.5. The molecule has 0 unspecified atom stereocenters. The Morgan fingerprint density at radius 1 is 1.29 bits per heavy atom. The monoisotopic (exact) mass is 326 g/mol. The molecule has 0 saturated heterocycles. The number of allylic oxidation sites excluding steroid dienone is 2. The van der Waals surface area contributed by atoms with E-state index in [1.54, 1.807) is 0 Å². The lowest BCUT2D eigenvalue weighted by molar-refractivity contribution is -0.139. The first-order valence-electron chi connectivity index (χ1n) is 8.95. The fourth-order valence-corrected chi connectivity index (χ4v) is 3.99. The SMILES string of the molecule is CC(C)CCC(=O)[C@]1(C)C(=O)C2=C(CCCO2)[C@@H]1c1ccccc1. The summed E-state index contributed by atoms with van der Waals surface area (Å²) in [6.45, 7) is 6.61. The Morgan fingerprint density at radius 2 is 2.00 bits per heavy atom. The largest absolute Gasteiger partial charge is 0.490 e. The lowest BCUT2D eigenvalue weighted by Gasteiger charge is -2.31. The molecule has 0 N–H and O–H groups in total. The van der Waals surface area contributed by atoms with Crippen molar-refractivity contribution in [3.05, 3.63) is 47.2 Å². The molecule has 0 bridgehead atoms. The van der Waals surface area contributed by atoms with Gasteiger partial charge in [0.05, 0.1) is 6.61 Å². The van der Waals surface area contributed by atoms with E-state index in [2.05, 4.69) is 13.8 Å². The molecule has 1 aliphatic heterocycles. The van der Waals surface area contributed by atoms with E-state index in [-0.39, 0.29) is 17.5 Å². The molecule has 1 heterocycles. The summed E-state index contributed by atoms with van der Waals surface area (Å²) >= 11 is 0. The Hall–Kier alpha value is -1.90. The molecule has 3 nitrogen and oxygen atoms in total. The van der Waals surface area contributed by atoms with E-state index in [4.69, 9.17) is 4.74 Å². The summed E-state index contributed by atoms with van der Waals surface area (Å²) in [6, 6.07) is 9.96. The Labute approximate surface area is 144 Å². The van der Waals surface area contributed by atoms with Crippen molar-refractivity contribution < 1.29 is 14.3 Å². The summed E-state index contributed by atoms with van der Waals surface area (Å²) < 4.78 is 5.71. The van der Waals surface area contributed by atoms with Crippen LogP contribution < -0.4 is 0 Å². The normalized spacial score (nSPS) is 26.5. The van der Waals surface area contributed by atoms with Crippen molar-refractivity contribution in [2.75, 3.05) is 6.61 Å². The maximum absolute atomic E-state index is 13.1. The molecule has 128 valence electrons. The molecule has 0 radical (unpaired) electrons. The van der Waals surface area contributed by atoms with Crippen LogP contribution in [0, 0.1) is 11.3 Å². The van der Waals surface area contributed by atoms with Crippen LogP contribution >= 0.6 is 0 Å². The summed E-state index contributed by atoms with van der Waals surface area (Å²) in [6.07, 6.45) is 3.01. The molecule has 0 aromatic heterocycles. The van der Waals surface area contributed by atoms with Crippen molar-refractivity contribution in [1.82, 2.24) is 0 Å². The molecule has 1 aliphatic carbocycles. The van der Waals surface area contributed by atoms with E-state index in [0.29, 0.717) is 24.7 Å². The van der Waals surface area contributed by atoms with E-state index in [0.717, 1.165) is 30.4 Å². The van der Waals surface area contributed by atoms with Gasteiger partial charge in [-0.15, -0.1) is 0 Å². The molecular weight excluding hydrogens is 300 g/mol. The average Bonchev–Trinajstić information content (AvgIpc) is 2.82. The zero-order valence-electron chi connectivity index (χ0n) is 14.8. The molecule has 2 atom stereocenters. The Morgan fingerprint density at radius 3 is 2.67 bits per heavy atom. The van der Waals surface area contributed by atoms with E-state index in [9.17, 15) is 9.59 Å². The second-order valence-corrected chi connectivity index (χ2v) is 7.54. The number of carbonyl (C=O) groups excluding carboxylic acids is 2. The van der Waals surface area contributed by atoms with Crippen LogP contribution in [-0.2, 0) is 14.3 Å². The van der Waals surface area contributed by atoms with Crippen molar-refractivity contribution in [3.63, 3.8) is 0 Å². The third-order valence-corrected chi connectivity index (χ3v) is 5.39. The summed E-state index contributed by atoms with van der Waals surface area (Å²) in [4.78, 5) is 26.2. The number of ketones is 2. The molecular formula is C21H26O3. The van der Waals surface area contributed by atoms with Gasteiger partial charge in [-0.2, -0.15) is 0 Å². The molecule has 0 fully saturated rings. The maximum atomic E-state index is 13.1. The van der Waals surface area contributed by atoms with Gasteiger partial charge in [-0.25, -0.2) is 0 Å². The highest BCUT2D eigenvalue weighted by atomic mass is 16.5. The van der Waals surface area contributed by atoms with Crippen LogP contribution in [-0.4, -0.2) is 18.2 Å².